The number of piperazine rings is 1. The Bertz CT molecular complexity index is 800. The van der Waals surface area contributed by atoms with Crippen LogP contribution in [0.5, 0.6) is 11.5 Å². The highest BCUT2D eigenvalue weighted by Crippen LogP contribution is 2.22. The minimum absolute atomic E-state index is 0.0209. The molecule has 29 heavy (non-hydrogen) atoms. The number of rotatable bonds is 9. The molecule has 1 unspecified atom stereocenters. The van der Waals surface area contributed by atoms with Crippen LogP contribution in [0.15, 0.2) is 48.5 Å². The van der Waals surface area contributed by atoms with Crippen molar-refractivity contribution in [2.75, 3.05) is 38.2 Å². The maximum Gasteiger partial charge on any atom is 0.209 e. The molecular formula is C22H28N4O3. The van der Waals surface area contributed by atoms with Crippen LogP contribution in [0.3, 0.4) is 0 Å². The van der Waals surface area contributed by atoms with Crippen LogP contribution in [0, 0.1) is 5.41 Å². The van der Waals surface area contributed by atoms with Gasteiger partial charge in [0, 0.05) is 31.9 Å². The number of ether oxygens (including phenoxy) is 2. The van der Waals surface area contributed by atoms with Crippen LogP contribution in [0.2, 0.25) is 0 Å². The number of methoxy groups -OCH3 is 1. The van der Waals surface area contributed by atoms with Crippen molar-refractivity contribution in [1.29, 1.82) is 5.41 Å². The van der Waals surface area contributed by atoms with Crippen molar-refractivity contribution in [2.45, 2.75) is 18.9 Å². The van der Waals surface area contributed by atoms with Gasteiger partial charge in [-0.05, 0) is 54.8 Å². The highest BCUT2D eigenvalue weighted by atomic mass is 16.5. The molecule has 1 saturated heterocycles. The van der Waals surface area contributed by atoms with Crippen molar-refractivity contribution in [3.05, 3.63) is 54.1 Å². The minimum atomic E-state index is -0.473. The zero-order valence-electron chi connectivity index (χ0n) is 16.7. The van der Waals surface area contributed by atoms with E-state index in [1.54, 1.807) is 12.0 Å². The lowest BCUT2D eigenvalue weighted by Gasteiger charge is -2.34. The molecule has 1 aliphatic rings. The average Bonchev–Trinajstić information content (AvgIpc) is 2.77. The van der Waals surface area contributed by atoms with Gasteiger partial charge in [0.2, 0.25) is 6.41 Å². The minimum Gasteiger partial charge on any atom is -0.497 e. The van der Waals surface area contributed by atoms with E-state index < -0.39 is 6.10 Å². The summed E-state index contributed by atoms with van der Waals surface area (Å²) in [4.78, 5) is 14.9. The molecule has 0 radical (unpaired) electrons. The SMILES string of the molecule is COc1ccc(CCC(Oc2ccc(N3CCN(C=O)CC3)cc2)C(=N)N)cc1. The Labute approximate surface area is 171 Å². The fourth-order valence-corrected chi connectivity index (χ4v) is 3.35. The second kappa shape index (κ2) is 9.82. The van der Waals surface area contributed by atoms with Crippen molar-refractivity contribution >= 4 is 17.9 Å². The molecule has 2 aromatic rings. The summed E-state index contributed by atoms with van der Waals surface area (Å²) >= 11 is 0. The highest BCUT2D eigenvalue weighted by molar-refractivity contribution is 5.82. The Kier molecular flexibility index (Phi) is 6.94. The average molecular weight is 396 g/mol. The largest absolute Gasteiger partial charge is 0.497 e. The molecule has 154 valence electrons. The number of nitrogens with one attached hydrogen (secondary N) is 1. The van der Waals surface area contributed by atoms with Gasteiger partial charge in [0.1, 0.15) is 17.3 Å². The Morgan fingerprint density at radius 1 is 1.07 bits per heavy atom. The van der Waals surface area contributed by atoms with E-state index >= 15 is 0 Å². The first-order chi connectivity index (χ1) is 14.1. The molecule has 0 saturated carbocycles. The van der Waals surface area contributed by atoms with E-state index in [9.17, 15) is 4.79 Å². The molecule has 0 aromatic heterocycles. The summed E-state index contributed by atoms with van der Waals surface area (Å²) < 4.78 is 11.1. The molecule has 0 spiro atoms. The van der Waals surface area contributed by atoms with Gasteiger partial charge < -0.3 is 25.0 Å². The monoisotopic (exact) mass is 396 g/mol. The molecule has 1 amide bonds. The standard InChI is InChI=1S/C22H28N4O3/c1-28-19-7-2-17(3-8-19)4-11-21(22(23)24)29-20-9-5-18(6-10-20)26-14-12-25(16-27)13-15-26/h2-3,5-10,16,21H,4,11-15H2,1H3,(H3,23,24). The zero-order valence-corrected chi connectivity index (χ0v) is 16.7. The summed E-state index contributed by atoms with van der Waals surface area (Å²) in [5, 5.41) is 7.86. The number of carbonyl (C=O) groups excluding carboxylic acids is 1. The summed E-state index contributed by atoms with van der Waals surface area (Å²) in [6.45, 7) is 3.10. The lowest BCUT2D eigenvalue weighted by Crippen LogP contribution is -2.45. The number of amides is 1. The van der Waals surface area contributed by atoms with Gasteiger partial charge in [-0.3, -0.25) is 10.2 Å². The van der Waals surface area contributed by atoms with E-state index in [-0.39, 0.29) is 5.84 Å². The van der Waals surface area contributed by atoms with Crippen molar-refractivity contribution in [3.8, 4) is 11.5 Å². The quantitative estimate of drug-likeness (QED) is 0.385. The van der Waals surface area contributed by atoms with Crippen molar-refractivity contribution in [2.24, 2.45) is 5.73 Å². The van der Waals surface area contributed by atoms with Gasteiger partial charge in [-0.1, -0.05) is 12.1 Å². The van der Waals surface area contributed by atoms with Crippen molar-refractivity contribution < 1.29 is 14.3 Å². The normalized spacial score (nSPS) is 14.9. The molecule has 2 aromatic carbocycles. The van der Waals surface area contributed by atoms with E-state index in [4.69, 9.17) is 20.6 Å². The molecular weight excluding hydrogens is 368 g/mol. The van der Waals surface area contributed by atoms with E-state index in [0.29, 0.717) is 12.2 Å². The van der Waals surface area contributed by atoms with Gasteiger partial charge in [-0.2, -0.15) is 0 Å². The zero-order chi connectivity index (χ0) is 20.6. The van der Waals surface area contributed by atoms with Gasteiger partial charge in [-0.25, -0.2) is 0 Å². The predicted octanol–water partition coefficient (Wildman–Crippen LogP) is 2.29. The van der Waals surface area contributed by atoms with Crippen LogP contribution in [0.4, 0.5) is 5.69 Å². The number of hydrogen-bond donors (Lipinski definition) is 2. The third kappa shape index (κ3) is 5.63. The summed E-state index contributed by atoms with van der Waals surface area (Å²) in [7, 11) is 1.64. The number of carbonyl (C=O) groups is 1. The molecule has 1 heterocycles. The van der Waals surface area contributed by atoms with E-state index in [0.717, 1.165) is 56.0 Å². The second-order valence-corrected chi connectivity index (χ2v) is 7.07. The predicted molar refractivity (Wildman–Crippen MR) is 114 cm³/mol. The second-order valence-electron chi connectivity index (χ2n) is 7.07. The van der Waals surface area contributed by atoms with E-state index in [1.165, 1.54) is 0 Å². The van der Waals surface area contributed by atoms with Crippen molar-refractivity contribution in [1.82, 2.24) is 4.90 Å². The number of hydrogen-bond acceptors (Lipinski definition) is 5. The van der Waals surface area contributed by atoms with Gasteiger partial charge in [0.25, 0.3) is 0 Å². The number of nitrogens with zero attached hydrogens (tertiary/aromatic N) is 2. The fourth-order valence-electron chi connectivity index (χ4n) is 3.35. The molecule has 1 atom stereocenters. The lowest BCUT2D eigenvalue weighted by atomic mass is 10.1. The van der Waals surface area contributed by atoms with Crippen LogP contribution in [-0.2, 0) is 11.2 Å². The first-order valence-electron chi connectivity index (χ1n) is 9.77. The fraction of sp³-hybridized carbons (Fsp3) is 0.364. The molecule has 7 heteroatoms. The number of benzene rings is 2. The summed E-state index contributed by atoms with van der Waals surface area (Å²) in [6, 6.07) is 15.7. The van der Waals surface area contributed by atoms with Gasteiger partial charge in [0.15, 0.2) is 6.10 Å². The Morgan fingerprint density at radius 3 is 2.24 bits per heavy atom. The topological polar surface area (TPSA) is 91.9 Å². The number of anilines is 1. The molecule has 1 fully saturated rings. The Balaban J connectivity index is 1.55. The van der Waals surface area contributed by atoms with Gasteiger partial charge in [0.05, 0.1) is 7.11 Å². The molecule has 3 rings (SSSR count). The number of nitrogens with two attached hydrogens (primary N) is 1. The van der Waals surface area contributed by atoms with Crippen LogP contribution in [0.25, 0.3) is 0 Å². The smallest absolute Gasteiger partial charge is 0.209 e. The third-order valence-electron chi connectivity index (χ3n) is 5.14. The first-order valence-corrected chi connectivity index (χ1v) is 9.77. The van der Waals surface area contributed by atoms with Crippen LogP contribution in [-0.4, -0.2) is 56.5 Å². The summed E-state index contributed by atoms with van der Waals surface area (Å²) in [6.07, 6.45) is 1.81. The van der Waals surface area contributed by atoms with E-state index in [2.05, 4.69) is 4.90 Å². The lowest BCUT2D eigenvalue weighted by molar-refractivity contribution is -0.118. The maximum atomic E-state index is 10.8. The first kappa shape index (κ1) is 20.5. The van der Waals surface area contributed by atoms with Gasteiger partial charge >= 0.3 is 0 Å². The van der Waals surface area contributed by atoms with Crippen LogP contribution < -0.4 is 20.1 Å². The summed E-state index contributed by atoms with van der Waals surface area (Å²) in [5.41, 5.74) is 8.01. The van der Waals surface area contributed by atoms with Crippen LogP contribution in [0.1, 0.15) is 12.0 Å². The third-order valence-corrected chi connectivity index (χ3v) is 5.14. The number of amidine groups is 1. The highest BCUT2D eigenvalue weighted by Gasteiger charge is 2.17. The maximum absolute atomic E-state index is 10.8. The molecule has 0 aliphatic carbocycles. The van der Waals surface area contributed by atoms with E-state index in [1.807, 2.05) is 48.5 Å². The molecule has 0 bridgehead atoms. The van der Waals surface area contributed by atoms with Gasteiger partial charge in [-0.15, -0.1) is 0 Å². The molecule has 7 nitrogen and oxygen atoms in total. The molecule has 1 aliphatic heterocycles. The van der Waals surface area contributed by atoms with Crippen molar-refractivity contribution in [3.63, 3.8) is 0 Å². The van der Waals surface area contributed by atoms with Crippen LogP contribution >= 0.6 is 0 Å². The summed E-state index contributed by atoms with van der Waals surface area (Å²) in [5.74, 6) is 1.53. The molecule has 3 N–H and O–H groups in total. The number of aryl methyl sites for hydroxylation is 1. The Hall–Kier alpha value is -3.22. The Morgan fingerprint density at radius 2 is 1.69 bits per heavy atom.